The maximum absolute atomic E-state index is 4.84. The fraction of sp³-hybridized carbons (Fsp3) is 0.125. The predicted octanol–water partition coefficient (Wildman–Crippen LogP) is 1.44. The molecule has 0 fully saturated rings. The normalized spacial score (nSPS) is 10.1. The van der Waals surface area contributed by atoms with E-state index < -0.39 is 0 Å². The molecule has 2 aromatic heterocycles. The summed E-state index contributed by atoms with van der Waals surface area (Å²) in [7, 11) is 0. The second kappa shape index (κ2) is 2.73. The smallest absolute Gasteiger partial charge is 0.223 e. The Kier molecular flexibility index (Phi) is 1.59. The molecular formula is C8H7N3O. The van der Waals surface area contributed by atoms with Crippen molar-refractivity contribution in [1.29, 1.82) is 0 Å². The largest absolute Gasteiger partial charge is 0.339 e. The van der Waals surface area contributed by atoms with Crippen molar-refractivity contribution in [2.24, 2.45) is 0 Å². The van der Waals surface area contributed by atoms with E-state index >= 15 is 0 Å². The average molecular weight is 161 g/mol. The van der Waals surface area contributed by atoms with Crippen molar-refractivity contribution in [1.82, 2.24) is 15.1 Å². The number of hydrogen-bond acceptors (Lipinski definition) is 4. The van der Waals surface area contributed by atoms with Gasteiger partial charge in [0.2, 0.25) is 11.7 Å². The summed E-state index contributed by atoms with van der Waals surface area (Å²) < 4.78 is 4.84. The molecule has 0 spiro atoms. The lowest BCUT2D eigenvalue weighted by Gasteiger charge is -1.89. The van der Waals surface area contributed by atoms with E-state index in [1.807, 2.05) is 12.1 Å². The van der Waals surface area contributed by atoms with Gasteiger partial charge in [-0.1, -0.05) is 5.16 Å². The lowest BCUT2D eigenvalue weighted by molar-refractivity contribution is 0.394. The zero-order chi connectivity index (χ0) is 8.39. The van der Waals surface area contributed by atoms with E-state index in [-0.39, 0.29) is 0 Å². The quantitative estimate of drug-likeness (QED) is 0.635. The number of rotatable bonds is 1. The summed E-state index contributed by atoms with van der Waals surface area (Å²) in [6, 6.07) is 3.68. The Bertz CT molecular complexity index is 369. The first-order chi connectivity index (χ1) is 5.86. The Morgan fingerprint density at radius 3 is 2.58 bits per heavy atom. The van der Waals surface area contributed by atoms with Crippen molar-refractivity contribution in [2.75, 3.05) is 0 Å². The SMILES string of the molecule is Cc1nc(-c2ccncc2)no1. The Balaban J connectivity index is 2.45. The van der Waals surface area contributed by atoms with E-state index in [1.54, 1.807) is 19.3 Å². The van der Waals surface area contributed by atoms with Crippen LogP contribution >= 0.6 is 0 Å². The summed E-state index contributed by atoms with van der Waals surface area (Å²) in [5, 5.41) is 3.77. The van der Waals surface area contributed by atoms with Crippen molar-refractivity contribution in [3.8, 4) is 11.4 Å². The van der Waals surface area contributed by atoms with Crippen molar-refractivity contribution in [2.45, 2.75) is 6.92 Å². The lowest BCUT2D eigenvalue weighted by Crippen LogP contribution is -1.80. The van der Waals surface area contributed by atoms with Gasteiger partial charge in [0, 0.05) is 24.9 Å². The molecular weight excluding hydrogens is 154 g/mol. The molecule has 0 N–H and O–H groups in total. The van der Waals surface area contributed by atoms with Gasteiger partial charge in [-0.2, -0.15) is 4.98 Å². The van der Waals surface area contributed by atoms with Gasteiger partial charge in [-0.15, -0.1) is 0 Å². The third-order valence-electron chi connectivity index (χ3n) is 1.47. The monoisotopic (exact) mass is 161 g/mol. The van der Waals surface area contributed by atoms with Gasteiger partial charge in [0.25, 0.3) is 0 Å². The van der Waals surface area contributed by atoms with Gasteiger partial charge in [-0.25, -0.2) is 0 Å². The van der Waals surface area contributed by atoms with Crippen LogP contribution in [-0.2, 0) is 0 Å². The van der Waals surface area contributed by atoms with Gasteiger partial charge in [-0.3, -0.25) is 4.98 Å². The first kappa shape index (κ1) is 6.97. The summed E-state index contributed by atoms with van der Waals surface area (Å²) in [5.41, 5.74) is 0.918. The Morgan fingerprint density at radius 2 is 2.00 bits per heavy atom. The summed E-state index contributed by atoms with van der Waals surface area (Å²) in [4.78, 5) is 7.97. The Labute approximate surface area is 69.3 Å². The lowest BCUT2D eigenvalue weighted by atomic mass is 10.3. The molecule has 0 saturated carbocycles. The van der Waals surface area contributed by atoms with E-state index in [9.17, 15) is 0 Å². The first-order valence-corrected chi connectivity index (χ1v) is 3.57. The number of nitrogens with zero attached hydrogens (tertiary/aromatic N) is 3. The highest BCUT2D eigenvalue weighted by atomic mass is 16.5. The number of hydrogen-bond donors (Lipinski definition) is 0. The van der Waals surface area contributed by atoms with Crippen LogP contribution in [0.5, 0.6) is 0 Å². The number of aromatic nitrogens is 3. The molecule has 0 unspecified atom stereocenters. The molecule has 0 bridgehead atoms. The highest BCUT2D eigenvalue weighted by Gasteiger charge is 2.03. The van der Waals surface area contributed by atoms with Crippen molar-refractivity contribution >= 4 is 0 Å². The van der Waals surface area contributed by atoms with Crippen LogP contribution in [0.1, 0.15) is 5.89 Å². The highest BCUT2D eigenvalue weighted by molar-refractivity contribution is 5.52. The maximum atomic E-state index is 4.84. The average Bonchev–Trinajstić information content (AvgIpc) is 2.54. The third-order valence-corrected chi connectivity index (χ3v) is 1.47. The molecule has 0 aliphatic heterocycles. The minimum atomic E-state index is 0.571. The molecule has 0 saturated heterocycles. The van der Waals surface area contributed by atoms with Crippen molar-refractivity contribution < 1.29 is 4.52 Å². The highest BCUT2D eigenvalue weighted by Crippen LogP contribution is 2.12. The van der Waals surface area contributed by atoms with E-state index in [1.165, 1.54) is 0 Å². The molecule has 4 nitrogen and oxygen atoms in total. The predicted molar refractivity (Wildman–Crippen MR) is 42.3 cm³/mol. The molecule has 0 amide bonds. The summed E-state index contributed by atoms with van der Waals surface area (Å²) in [6.07, 6.45) is 3.39. The topological polar surface area (TPSA) is 51.8 Å². The van der Waals surface area contributed by atoms with E-state index in [2.05, 4.69) is 15.1 Å². The van der Waals surface area contributed by atoms with Crippen LogP contribution in [0.3, 0.4) is 0 Å². The van der Waals surface area contributed by atoms with E-state index in [0.717, 1.165) is 5.56 Å². The van der Waals surface area contributed by atoms with Gasteiger partial charge in [-0.05, 0) is 12.1 Å². The fourth-order valence-electron chi connectivity index (χ4n) is 0.917. The molecule has 0 aromatic carbocycles. The third kappa shape index (κ3) is 1.18. The molecule has 12 heavy (non-hydrogen) atoms. The number of aryl methyl sites for hydroxylation is 1. The summed E-state index contributed by atoms with van der Waals surface area (Å²) in [6.45, 7) is 1.76. The molecule has 0 atom stereocenters. The molecule has 0 aliphatic carbocycles. The molecule has 0 aliphatic rings. The molecule has 4 heteroatoms. The molecule has 2 aromatic rings. The second-order valence-corrected chi connectivity index (χ2v) is 2.37. The first-order valence-electron chi connectivity index (χ1n) is 3.57. The molecule has 2 heterocycles. The number of pyridine rings is 1. The van der Waals surface area contributed by atoms with Gasteiger partial charge in [0.15, 0.2) is 0 Å². The molecule has 60 valence electrons. The van der Waals surface area contributed by atoms with Crippen LogP contribution in [0.4, 0.5) is 0 Å². The van der Waals surface area contributed by atoms with E-state index in [0.29, 0.717) is 11.7 Å². The van der Waals surface area contributed by atoms with Gasteiger partial charge < -0.3 is 4.52 Å². The summed E-state index contributed by atoms with van der Waals surface area (Å²) >= 11 is 0. The Morgan fingerprint density at radius 1 is 1.25 bits per heavy atom. The zero-order valence-corrected chi connectivity index (χ0v) is 6.56. The van der Waals surface area contributed by atoms with Crippen LogP contribution in [0, 0.1) is 6.92 Å². The minimum absolute atomic E-state index is 0.571. The van der Waals surface area contributed by atoms with Crippen molar-refractivity contribution in [3.63, 3.8) is 0 Å². The molecule has 2 rings (SSSR count). The maximum Gasteiger partial charge on any atom is 0.223 e. The fourth-order valence-corrected chi connectivity index (χ4v) is 0.917. The Hall–Kier alpha value is -1.71. The zero-order valence-electron chi connectivity index (χ0n) is 6.56. The van der Waals surface area contributed by atoms with Crippen LogP contribution in [0.25, 0.3) is 11.4 Å². The van der Waals surface area contributed by atoms with Crippen LogP contribution < -0.4 is 0 Å². The summed E-state index contributed by atoms with van der Waals surface area (Å²) in [5.74, 6) is 1.18. The minimum Gasteiger partial charge on any atom is -0.339 e. The van der Waals surface area contributed by atoms with Gasteiger partial charge >= 0.3 is 0 Å². The van der Waals surface area contributed by atoms with Crippen LogP contribution in [0.15, 0.2) is 29.0 Å². The van der Waals surface area contributed by atoms with E-state index in [4.69, 9.17) is 4.52 Å². The van der Waals surface area contributed by atoms with Gasteiger partial charge in [0.1, 0.15) is 0 Å². The van der Waals surface area contributed by atoms with Crippen LogP contribution in [-0.4, -0.2) is 15.1 Å². The van der Waals surface area contributed by atoms with Gasteiger partial charge in [0.05, 0.1) is 0 Å². The van der Waals surface area contributed by atoms with Crippen molar-refractivity contribution in [3.05, 3.63) is 30.4 Å². The standard InChI is InChI=1S/C8H7N3O/c1-6-10-8(11-12-6)7-2-4-9-5-3-7/h2-5H,1H3. The second-order valence-electron chi connectivity index (χ2n) is 2.37. The van der Waals surface area contributed by atoms with Crippen LogP contribution in [0.2, 0.25) is 0 Å². The molecule has 0 radical (unpaired) electrons.